The Kier molecular flexibility index (Phi) is 3.75. The lowest BCUT2D eigenvalue weighted by atomic mass is 10.2. The number of halogens is 1. The number of hydrogen-bond acceptors (Lipinski definition) is 3. The molecule has 0 N–H and O–H groups in total. The van der Waals surface area contributed by atoms with E-state index in [9.17, 15) is 14.0 Å². The molecule has 1 aliphatic rings. The fourth-order valence-corrected chi connectivity index (χ4v) is 3.91. The fourth-order valence-electron chi connectivity index (χ4n) is 3.91. The van der Waals surface area contributed by atoms with E-state index in [2.05, 4.69) is 4.98 Å². The Morgan fingerprint density at radius 3 is 2.79 bits per heavy atom. The third-order valence-electron chi connectivity index (χ3n) is 5.33. The van der Waals surface area contributed by atoms with Gasteiger partial charge in [-0.15, -0.1) is 0 Å². The van der Waals surface area contributed by atoms with Gasteiger partial charge < -0.3 is 13.9 Å². The van der Waals surface area contributed by atoms with E-state index >= 15 is 0 Å². The highest BCUT2D eigenvalue weighted by molar-refractivity contribution is 5.80. The molecule has 6 nitrogen and oxygen atoms in total. The summed E-state index contributed by atoms with van der Waals surface area (Å²) in [5.74, 6) is -0.455. The Balaban J connectivity index is 1.46. The minimum atomic E-state index is -0.416. The highest BCUT2D eigenvalue weighted by Gasteiger charge is 2.23. The predicted octanol–water partition coefficient (Wildman–Crippen LogP) is 2.72. The molecule has 0 fully saturated rings. The van der Waals surface area contributed by atoms with E-state index in [0.717, 1.165) is 16.6 Å². The zero-order valence-electron chi connectivity index (χ0n) is 15.0. The summed E-state index contributed by atoms with van der Waals surface area (Å²) in [7, 11) is 0. The number of hydrogen-bond donors (Lipinski definition) is 0. The molecule has 1 aliphatic heterocycles. The molecule has 0 radical (unpaired) electrons. The molecule has 0 atom stereocenters. The fraction of sp³-hybridized carbons (Fsp3) is 0.190. The van der Waals surface area contributed by atoms with Crippen LogP contribution >= 0.6 is 0 Å². The third kappa shape index (κ3) is 2.58. The summed E-state index contributed by atoms with van der Waals surface area (Å²) in [6, 6.07) is 9.80. The number of nitrogens with zero attached hydrogens (tertiary/aromatic N) is 4. The van der Waals surface area contributed by atoms with Crippen molar-refractivity contribution in [1.82, 2.24) is 18.9 Å². The molecule has 140 valence electrons. The minimum absolute atomic E-state index is 0.0390. The van der Waals surface area contributed by atoms with Crippen molar-refractivity contribution in [2.75, 3.05) is 0 Å². The van der Waals surface area contributed by atoms with E-state index in [-0.39, 0.29) is 24.4 Å². The number of aryl methyl sites for hydroxylation is 1. The van der Waals surface area contributed by atoms with Crippen molar-refractivity contribution in [3.8, 4) is 0 Å². The monoisotopic (exact) mass is 376 g/mol. The highest BCUT2D eigenvalue weighted by Crippen LogP contribution is 2.22. The van der Waals surface area contributed by atoms with Crippen molar-refractivity contribution in [1.29, 1.82) is 0 Å². The molecule has 0 unspecified atom stereocenters. The molecule has 0 bridgehead atoms. The first-order valence-electron chi connectivity index (χ1n) is 9.10. The van der Waals surface area contributed by atoms with E-state index < -0.39 is 5.82 Å². The number of carbonyl (C=O) groups is 1. The van der Waals surface area contributed by atoms with Gasteiger partial charge in [0, 0.05) is 44.6 Å². The largest absolute Gasteiger partial charge is 0.334 e. The summed E-state index contributed by atoms with van der Waals surface area (Å²) >= 11 is 0. The van der Waals surface area contributed by atoms with Crippen LogP contribution < -0.4 is 5.56 Å². The summed E-state index contributed by atoms with van der Waals surface area (Å²) in [5, 5.41) is 0. The summed E-state index contributed by atoms with van der Waals surface area (Å²) < 4.78 is 17.1. The average Bonchev–Trinajstić information content (AvgIpc) is 3.35. The van der Waals surface area contributed by atoms with E-state index in [1.807, 2.05) is 6.07 Å². The van der Waals surface area contributed by atoms with Crippen LogP contribution in [0, 0.1) is 5.82 Å². The lowest BCUT2D eigenvalue weighted by Crippen LogP contribution is -2.29. The van der Waals surface area contributed by atoms with Gasteiger partial charge in [0.05, 0.1) is 11.0 Å². The smallest absolute Gasteiger partial charge is 0.275 e. The van der Waals surface area contributed by atoms with Crippen molar-refractivity contribution < 1.29 is 9.18 Å². The summed E-state index contributed by atoms with van der Waals surface area (Å²) in [6.45, 7) is 1.28. The Labute approximate surface area is 159 Å². The van der Waals surface area contributed by atoms with Gasteiger partial charge in [0.25, 0.3) is 5.56 Å². The maximum atomic E-state index is 13.9. The van der Waals surface area contributed by atoms with E-state index in [1.165, 1.54) is 16.7 Å². The zero-order valence-corrected chi connectivity index (χ0v) is 15.0. The summed E-state index contributed by atoms with van der Waals surface area (Å²) in [5.41, 5.74) is 3.64. The maximum Gasteiger partial charge on any atom is 0.275 e. The second-order valence-electron chi connectivity index (χ2n) is 7.00. The molecule has 1 amide bonds. The number of aromatic nitrogens is 3. The Morgan fingerprint density at radius 1 is 1.07 bits per heavy atom. The van der Waals surface area contributed by atoms with Crippen LogP contribution in [-0.2, 0) is 24.4 Å². The second-order valence-corrected chi connectivity index (χ2v) is 7.00. The molecule has 0 saturated heterocycles. The summed E-state index contributed by atoms with van der Waals surface area (Å²) in [4.78, 5) is 31.5. The lowest BCUT2D eigenvalue weighted by Gasteiger charge is -2.17. The van der Waals surface area contributed by atoms with Crippen LogP contribution in [0.5, 0.6) is 0 Å². The number of amides is 1. The van der Waals surface area contributed by atoms with Gasteiger partial charge >= 0.3 is 0 Å². The van der Waals surface area contributed by atoms with Crippen molar-refractivity contribution >= 4 is 22.5 Å². The first-order valence-corrected chi connectivity index (χ1v) is 9.10. The molecule has 0 spiro atoms. The number of benzene rings is 1. The van der Waals surface area contributed by atoms with Gasteiger partial charge in [0.1, 0.15) is 11.3 Å². The molecule has 4 heterocycles. The Morgan fingerprint density at radius 2 is 1.93 bits per heavy atom. The standard InChI is InChI=1S/C21H17FN4O2/c22-16-3-4-17-19(10-16)26(21(28)18-2-1-8-25(17)18)9-6-20(27)24-12-14-5-7-23-11-15(14)13-24/h1-5,7-8,10-11H,6,9,12-13H2. The quantitative estimate of drug-likeness (QED) is 0.552. The molecule has 7 heteroatoms. The van der Waals surface area contributed by atoms with Gasteiger partial charge in [-0.2, -0.15) is 0 Å². The maximum absolute atomic E-state index is 13.9. The van der Waals surface area contributed by atoms with Gasteiger partial charge in [0.15, 0.2) is 0 Å². The summed E-state index contributed by atoms with van der Waals surface area (Å²) in [6.07, 6.45) is 5.45. The first kappa shape index (κ1) is 16.7. The van der Waals surface area contributed by atoms with Crippen molar-refractivity contribution in [2.45, 2.75) is 26.1 Å². The van der Waals surface area contributed by atoms with Crippen LogP contribution in [0.4, 0.5) is 4.39 Å². The second kappa shape index (κ2) is 6.30. The van der Waals surface area contributed by atoms with Crippen LogP contribution in [0.2, 0.25) is 0 Å². The van der Waals surface area contributed by atoms with Crippen molar-refractivity contribution in [2.24, 2.45) is 0 Å². The number of rotatable bonds is 3. The topological polar surface area (TPSA) is 59.6 Å². The van der Waals surface area contributed by atoms with Crippen LogP contribution in [0.25, 0.3) is 16.6 Å². The number of carbonyl (C=O) groups excluding carboxylic acids is 1. The number of fused-ring (bicyclic) bond motifs is 4. The van der Waals surface area contributed by atoms with Crippen molar-refractivity contribution in [3.05, 3.63) is 82.3 Å². The number of pyridine rings is 1. The Hall–Kier alpha value is -3.48. The molecule has 28 heavy (non-hydrogen) atoms. The average molecular weight is 376 g/mol. The van der Waals surface area contributed by atoms with Gasteiger partial charge in [-0.3, -0.25) is 14.6 Å². The van der Waals surface area contributed by atoms with Crippen LogP contribution in [0.3, 0.4) is 0 Å². The highest BCUT2D eigenvalue weighted by atomic mass is 19.1. The van der Waals surface area contributed by atoms with Crippen LogP contribution in [0.1, 0.15) is 17.5 Å². The Bertz CT molecular complexity index is 1270. The van der Waals surface area contributed by atoms with Crippen LogP contribution in [-0.4, -0.2) is 24.8 Å². The SMILES string of the molecule is O=C(CCn1c(=O)c2cccn2c2ccc(F)cc21)N1Cc2ccncc2C1. The van der Waals surface area contributed by atoms with Gasteiger partial charge in [-0.1, -0.05) is 0 Å². The first-order chi connectivity index (χ1) is 13.6. The van der Waals surface area contributed by atoms with E-state index in [1.54, 1.807) is 46.1 Å². The molecule has 0 saturated carbocycles. The molecule has 5 rings (SSSR count). The van der Waals surface area contributed by atoms with E-state index in [0.29, 0.717) is 24.1 Å². The van der Waals surface area contributed by atoms with Gasteiger partial charge in [0.2, 0.25) is 5.91 Å². The third-order valence-corrected chi connectivity index (χ3v) is 5.33. The minimum Gasteiger partial charge on any atom is -0.334 e. The van der Waals surface area contributed by atoms with E-state index in [4.69, 9.17) is 0 Å². The van der Waals surface area contributed by atoms with Gasteiger partial charge in [-0.05, 0) is 47.5 Å². The zero-order chi connectivity index (χ0) is 19.3. The molecular formula is C21H17FN4O2. The van der Waals surface area contributed by atoms with Crippen LogP contribution in [0.15, 0.2) is 59.8 Å². The van der Waals surface area contributed by atoms with Crippen molar-refractivity contribution in [3.63, 3.8) is 0 Å². The lowest BCUT2D eigenvalue weighted by molar-refractivity contribution is -0.132. The molecular weight excluding hydrogens is 359 g/mol. The normalized spacial score (nSPS) is 13.4. The predicted molar refractivity (Wildman–Crippen MR) is 102 cm³/mol. The molecule has 1 aromatic carbocycles. The molecule has 0 aliphatic carbocycles. The molecule has 3 aromatic heterocycles. The van der Waals surface area contributed by atoms with Gasteiger partial charge in [-0.25, -0.2) is 4.39 Å². The molecule has 4 aromatic rings.